The summed E-state index contributed by atoms with van der Waals surface area (Å²) in [5.41, 5.74) is 4.71. The van der Waals surface area contributed by atoms with Gasteiger partial charge in [-0.3, -0.25) is 0 Å². The quantitative estimate of drug-likeness (QED) is 0.323. The van der Waals surface area contributed by atoms with E-state index in [9.17, 15) is 5.11 Å². The van der Waals surface area contributed by atoms with Crippen molar-refractivity contribution in [1.29, 1.82) is 0 Å². The van der Waals surface area contributed by atoms with Gasteiger partial charge in [0.05, 0.1) is 14.2 Å². The molecule has 0 fully saturated rings. The minimum Gasteiger partial charge on any atom is -0.508 e. The molecule has 4 aromatic rings. The van der Waals surface area contributed by atoms with Crippen LogP contribution in [-0.2, 0) is 12.8 Å². The van der Waals surface area contributed by atoms with Crippen molar-refractivity contribution in [2.75, 3.05) is 14.2 Å². The minimum atomic E-state index is -0.00352. The topological polar surface area (TPSA) is 57.2 Å². The van der Waals surface area contributed by atoms with Gasteiger partial charge in [0.1, 0.15) is 29.5 Å². The van der Waals surface area contributed by atoms with Gasteiger partial charge in [-0.2, -0.15) is 0 Å². The van der Waals surface area contributed by atoms with E-state index in [-0.39, 0.29) is 18.0 Å². The molecule has 5 heteroatoms. The zero-order valence-electron chi connectivity index (χ0n) is 21.2. The average Bonchev–Trinajstić information content (AvgIpc) is 2.97. The fourth-order valence-corrected chi connectivity index (χ4v) is 4.96. The van der Waals surface area contributed by atoms with E-state index in [2.05, 4.69) is 42.5 Å². The molecule has 0 amide bonds. The van der Waals surface area contributed by atoms with Gasteiger partial charge in [0.15, 0.2) is 11.5 Å². The molecule has 190 valence electrons. The molecular formula is C32H32O5. The third kappa shape index (κ3) is 5.51. The van der Waals surface area contributed by atoms with E-state index in [1.54, 1.807) is 26.4 Å². The Morgan fingerprint density at radius 3 is 2.03 bits per heavy atom. The molecule has 4 aromatic carbocycles. The van der Waals surface area contributed by atoms with Crippen LogP contribution < -0.4 is 18.9 Å². The fourth-order valence-electron chi connectivity index (χ4n) is 4.96. The van der Waals surface area contributed by atoms with Crippen molar-refractivity contribution in [3.63, 3.8) is 0 Å². The van der Waals surface area contributed by atoms with Gasteiger partial charge in [-0.1, -0.05) is 60.7 Å². The molecule has 2 unspecified atom stereocenters. The van der Waals surface area contributed by atoms with Gasteiger partial charge in [-0.25, -0.2) is 0 Å². The molecule has 5 nitrogen and oxygen atoms in total. The normalized spacial score (nSPS) is 17.6. The van der Waals surface area contributed by atoms with Gasteiger partial charge < -0.3 is 24.1 Å². The first-order chi connectivity index (χ1) is 18.2. The van der Waals surface area contributed by atoms with E-state index in [0.717, 1.165) is 59.8 Å². The second-order valence-corrected chi connectivity index (χ2v) is 9.18. The van der Waals surface area contributed by atoms with E-state index in [1.807, 2.05) is 36.4 Å². The number of ether oxygens (including phenoxy) is 4. The highest BCUT2D eigenvalue weighted by atomic mass is 16.5. The molecule has 2 atom stereocenters. The van der Waals surface area contributed by atoms with Crippen LogP contribution in [-0.4, -0.2) is 19.3 Å². The lowest BCUT2D eigenvalue weighted by Gasteiger charge is -2.28. The van der Waals surface area contributed by atoms with Gasteiger partial charge in [-0.15, -0.1) is 0 Å². The summed E-state index contributed by atoms with van der Waals surface area (Å²) in [6.45, 7) is 0. The van der Waals surface area contributed by atoms with Crippen LogP contribution in [0, 0.1) is 0 Å². The van der Waals surface area contributed by atoms with Crippen LogP contribution in [0.25, 0.3) is 0 Å². The van der Waals surface area contributed by atoms with E-state index in [0.29, 0.717) is 0 Å². The Labute approximate surface area is 218 Å². The van der Waals surface area contributed by atoms with E-state index in [1.165, 1.54) is 11.1 Å². The van der Waals surface area contributed by atoms with Crippen molar-refractivity contribution in [2.24, 2.45) is 0 Å². The van der Waals surface area contributed by atoms with E-state index in [4.69, 9.17) is 18.9 Å². The minimum absolute atomic E-state index is 0.00352. The first kappa shape index (κ1) is 24.6. The molecule has 0 aliphatic carbocycles. The first-order valence-electron chi connectivity index (χ1n) is 12.6. The molecule has 2 aliphatic heterocycles. The van der Waals surface area contributed by atoms with Gasteiger partial charge in [0, 0.05) is 5.56 Å². The highest BCUT2D eigenvalue weighted by Crippen LogP contribution is 2.44. The molecule has 0 saturated heterocycles. The molecule has 37 heavy (non-hydrogen) atoms. The number of aromatic hydroxyl groups is 1. The SMILES string of the molecule is COc1ccc2c(c1OC)CCC(c1ccc(O)cc1)O2.c1ccc(C2CCc3ccccc3O2)cc1. The molecule has 0 aromatic heterocycles. The molecular weight excluding hydrogens is 464 g/mol. The molecule has 6 rings (SSSR count). The number of phenolic OH excluding ortho intramolecular Hbond substituents is 1. The van der Waals surface area contributed by atoms with Crippen molar-refractivity contribution >= 4 is 0 Å². The van der Waals surface area contributed by atoms with Crippen molar-refractivity contribution in [1.82, 2.24) is 0 Å². The average molecular weight is 497 g/mol. The predicted molar refractivity (Wildman–Crippen MR) is 144 cm³/mol. The standard InChI is InChI=1S/C17H18O4.C15H14O/c1-19-16-10-9-15-13(17(16)20-2)7-8-14(21-15)11-3-5-12(18)6-4-11;1-2-6-12(7-3-1)15-11-10-13-8-4-5-9-14(13)16-15/h3-6,9-10,14,18H,7-8H2,1-2H3;1-9,15H,10-11H2. The largest absolute Gasteiger partial charge is 0.508 e. The number of hydrogen-bond donors (Lipinski definition) is 1. The lowest BCUT2D eigenvalue weighted by Crippen LogP contribution is -2.16. The summed E-state index contributed by atoms with van der Waals surface area (Å²) in [4.78, 5) is 0. The lowest BCUT2D eigenvalue weighted by molar-refractivity contribution is 0.173. The van der Waals surface area contributed by atoms with Crippen LogP contribution in [0.3, 0.4) is 0 Å². The maximum absolute atomic E-state index is 9.37. The number of benzene rings is 4. The zero-order chi connectivity index (χ0) is 25.6. The number of fused-ring (bicyclic) bond motifs is 2. The molecule has 2 aliphatic rings. The maximum Gasteiger partial charge on any atom is 0.167 e. The summed E-state index contributed by atoms with van der Waals surface area (Å²) in [7, 11) is 3.28. The monoisotopic (exact) mass is 496 g/mol. The van der Waals surface area contributed by atoms with Crippen LogP contribution >= 0.6 is 0 Å². The second kappa shape index (κ2) is 11.3. The highest BCUT2D eigenvalue weighted by Gasteiger charge is 2.26. The van der Waals surface area contributed by atoms with Gasteiger partial charge in [0.2, 0.25) is 0 Å². The summed E-state index contributed by atoms with van der Waals surface area (Å²) in [5, 5.41) is 9.37. The summed E-state index contributed by atoms with van der Waals surface area (Å²) < 4.78 is 22.9. The Balaban J connectivity index is 0.000000157. The third-order valence-corrected chi connectivity index (χ3v) is 6.89. The Bertz CT molecular complexity index is 1320. The van der Waals surface area contributed by atoms with Crippen LogP contribution in [0.2, 0.25) is 0 Å². The Morgan fingerprint density at radius 2 is 1.30 bits per heavy atom. The van der Waals surface area contributed by atoms with Crippen molar-refractivity contribution in [3.8, 4) is 28.7 Å². The van der Waals surface area contributed by atoms with Gasteiger partial charge in [0.25, 0.3) is 0 Å². The first-order valence-corrected chi connectivity index (χ1v) is 12.6. The Morgan fingerprint density at radius 1 is 0.649 bits per heavy atom. The zero-order valence-corrected chi connectivity index (χ0v) is 21.2. The Kier molecular flexibility index (Phi) is 7.50. The van der Waals surface area contributed by atoms with Crippen LogP contribution in [0.1, 0.15) is 47.3 Å². The van der Waals surface area contributed by atoms with Crippen LogP contribution in [0.4, 0.5) is 0 Å². The fraction of sp³-hybridized carbons (Fsp3) is 0.250. The van der Waals surface area contributed by atoms with Crippen LogP contribution in [0.15, 0.2) is 91.0 Å². The summed E-state index contributed by atoms with van der Waals surface area (Å²) >= 11 is 0. The van der Waals surface area contributed by atoms with Crippen molar-refractivity contribution in [3.05, 3.63) is 113 Å². The number of aryl methyl sites for hydroxylation is 1. The number of hydrogen-bond acceptors (Lipinski definition) is 5. The van der Waals surface area contributed by atoms with Crippen molar-refractivity contribution < 1.29 is 24.1 Å². The number of methoxy groups -OCH3 is 2. The highest BCUT2D eigenvalue weighted by molar-refractivity contribution is 5.55. The summed E-state index contributed by atoms with van der Waals surface area (Å²) in [5.74, 6) is 3.61. The van der Waals surface area contributed by atoms with Crippen molar-refractivity contribution in [2.45, 2.75) is 37.9 Å². The van der Waals surface area contributed by atoms with E-state index >= 15 is 0 Å². The van der Waals surface area contributed by atoms with Crippen LogP contribution in [0.5, 0.6) is 28.7 Å². The second-order valence-electron chi connectivity index (χ2n) is 9.18. The molecule has 0 spiro atoms. The number of rotatable bonds is 4. The van der Waals surface area contributed by atoms with Gasteiger partial charge >= 0.3 is 0 Å². The molecule has 1 N–H and O–H groups in total. The Hall–Kier alpha value is -4.12. The predicted octanol–water partition coefficient (Wildman–Crippen LogP) is 7.23. The van der Waals surface area contributed by atoms with E-state index < -0.39 is 0 Å². The smallest absolute Gasteiger partial charge is 0.167 e. The third-order valence-electron chi connectivity index (χ3n) is 6.89. The molecule has 0 bridgehead atoms. The summed E-state index contributed by atoms with van der Waals surface area (Å²) in [6, 6.07) is 29.7. The molecule has 2 heterocycles. The number of para-hydroxylation sites is 1. The van der Waals surface area contributed by atoms with Gasteiger partial charge in [-0.05, 0) is 72.7 Å². The summed E-state index contributed by atoms with van der Waals surface area (Å²) in [6.07, 6.45) is 4.12. The number of phenols is 1. The maximum atomic E-state index is 9.37. The molecule has 0 saturated carbocycles. The molecule has 0 radical (unpaired) electrons. The lowest BCUT2D eigenvalue weighted by atomic mass is 9.96.